The molecular formula is C22H17ClF2O6. The molecule has 0 saturated heterocycles. The van der Waals surface area contributed by atoms with Crippen LogP contribution in [-0.4, -0.2) is 30.4 Å². The van der Waals surface area contributed by atoms with E-state index < -0.39 is 23.0 Å². The van der Waals surface area contributed by atoms with Crippen molar-refractivity contribution in [2.45, 2.75) is 18.9 Å². The fourth-order valence-corrected chi connectivity index (χ4v) is 3.65. The number of benzene rings is 2. The molecule has 1 aliphatic carbocycles. The SMILES string of the molecule is O=c1cc(-c2ccc(F)cc2OCCO[C@H]2C[C@H](C(=O)O)C2)oc2c(Cl)cc(F)cc12. The van der Waals surface area contributed by atoms with E-state index in [-0.39, 0.29) is 52.7 Å². The van der Waals surface area contributed by atoms with Crippen molar-refractivity contribution in [2.24, 2.45) is 5.92 Å². The monoisotopic (exact) mass is 450 g/mol. The molecule has 1 aliphatic rings. The van der Waals surface area contributed by atoms with Gasteiger partial charge in [-0.3, -0.25) is 9.59 Å². The van der Waals surface area contributed by atoms with E-state index in [4.69, 9.17) is 30.6 Å². The molecule has 0 atom stereocenters. The topological polar surface area (TPSA) is 86.0 Å². The summed E-state index contributed by atoms with van der Waals surface area (Å²) in [5.41, 5.74) is -0.174. The maximum atomic E-state index is 13.8. The number of ether oxygens (including phenoxy) is 2. The Kier molecular flexibility index (Phi) is 5.93. The van der Waals surface area contributed by atoms with Gasteiger partial charge in [0.05, 0.1) is 34.6 Å². The molecule has 0 amide bonds. The molecule has 0 aliphatic heterocycles. The Labute approximate surface area is 180 Å². The second kappa shape index (κ2) is 8.64. The van der Waals surface area contributed by atoms with E-state index in [1.54, 1.807) is 0 Å². The van der Waals surface area contributed by atoms with Crippen molar-refractivity contribution in [1.82, 2.24) is 0 Å². The first-order chi connectivity index (χ1) is 14.8. The minimum Gasteiger partial charge on any atom is -0.490 e. The molecule has 0 unspecified atom stereocenters. The number of hydrogen-bond acceptors (Lipinski definition) is 5. The van der Waals surface area contributed by atoms with Gasteiger partial charge in [-0.15, -0.1) is 0 Å². The van der Waals surface area contributed by atoms with E-state index in [0.717, 1.165) is 24.3 Å². The number of halogens is 3. The summed E-state index contributed by atoms with van der Waals surface area (Å²) in [5, 5.41) is 8.81. The highest BCUT2D eigenvalue weighted by Gasteiger charge is 2.35. The number of carboxylic acid groups (broad SMARTS) is 1. The highest BCUT2D eigenvalue weighted by molar-refractivity contribution is 6.34. The maximum Gasteiger partial charge on any atom is 0.306 e. The molecular weight excluding hydrogens is 434 g/mol. The van der Waals surface area contributed by atoms with E-state index in [2.05, 4.69) is 0 Å². The van der Waals surface area contributed by atoms with Crippen LogP contribution in [0.25, 0.3) is 22.3 Å². The van der Waals surface area contributed by atoms with Crippen molar-refractivity contribution < 1.29 is 32.6 Å². The number of carboxylic acids is 1. The molecule has 31 heavy (non-hydrogen) atoms. The van der Waals surface area contributed by atoms with E-state index in [1.807, 2.05) is 0 Å². The van der Waals surface area contributed by atoms with Gasteiger partial charge in [0.2, 0.25) is 0 Å². The van der Waals surface area contributed by atoms with Crippen LogP contribution in [0.4, 0.5) is 8.78 Å². The van der Waals surface area contributed by atoms with E-state index in [0.29, 0.717) is 18.4 Å². The van der Waals surface area contributed by atoms with E-state index >= 15 is 0 Å². The number of aliphatic carboxylic acids is 1. The predicted octanol–water partition coefficient (Wildman–Crippen LogP) is 4.65. The average Bonchev–Trinajstić information content (AvgIpc) is 2.66. The molecule has 6 nitrogen and oxygen atoms in total. The molecule has 3 aromatic rings. The van der Waals surface area contributed by atoms with Crippen LogP contribution in [0.3, 0.4) is 0 Å². The highest BCUT2D eigenvalue weighted by Crippen LogP contribution is 2.34. The minimum absolute atomic E-state index is 0.00751. The second-order valence-corrected chi connectivity index (χ2v) is 7.63. The zero-order valence-electron chi connectivity index (χ0n) is 16.1. The van der Waals surface area contributed by atoms with E-state index in [1.165, 1.54) is 12.1 Å². The van der Waals surface area contributed by atoms with Gasteiger partial charge < -0.3 is 19.0 Å². The molecule has 162 valence electrons. The summed E-state index contributed by atoms with van der Waals surface area (Å²) >= 11 is 6.02. The van der Waals surface area contributed by atoms with Crippen LogP contribution in [0.2, 0.25) is 5.02 Å². The Balaban J connectivity index is 1.52. The molecule has 1 saturated carbocycles. The first-order valence-electron chi connectivity index (χ1n) is 9.52. The molecule has 0 radical (unpaired) electrons. The maximum absolute atomic E-state index is 13.8. The fraction of sp³-hybridized carbons (Fsp3) is 0.273. The summed E-state index contributed by atoms with van der Waals surface area (Å²) in [4.78, 5) is 23.3. The van der Waals surface area contributed by atoms with Gasteiger partial charge in [-0.05, 0) is 37.1 Å². The largest absolute Gasteiger partial charge is 0.490 e. The lowest BCUT2D eigenvalue weighted by Crippen LogP contribution is -2.37. The molecule has 0 spiro atoms. The molecule has 4 rings (SSSR count). The van der Waals surface area contributed by atoms with Crippen LogP contribution in [-0.2, 0) is 9.53 Å². The van der Waals surface area contributed by atoms with Crippen molar-refractivity contribution in [3.8, 4) is 17.1 Å². The summed E-state index contributed by atoms with van der Waals surface area (Å²) in [6, 6.07) is 6.97. The van der Waals surface area contributed by atoms with Crippen LogP contribution in [0.1, 0.15) is 12.8 Å². The normalized spacial score (nSPS) is 18.0. The number of rotatable bonds is 7. The third-order valence-corrected chi connectivity index (χ3v) is 5.38. The smallest absolute Gasteiger partial charge is 0.306 e. The zero-order valence-corrected chi connectivity index (χ0v) is 16.8. The summed E-state index contributed by atoms with van der Waals surface area (Å²) < 4.78 is 44.3. The van der Waals surface area contributed by atoms with Gasteiger partial charge >= 0.3 is 5.97 Å². The lowest BCUT2D eigenvalue weighted by molar-refractivity contribution is -0.151. The molecule has 1 fully saturated rings. The van der Waals surface area contributed by atoms with Gasteiger partial charge in [0.15, 0.2) is 11.0 Å². The van der Waals surface area contributed by atoms with E-state index in [9.17, 15) is 18.4 Å². The molecule has 1 heterocycles. The summed E-state index contributed by atoms with van der Waals surface area (Å²) in [7, 11) is 0. The van der Waals surface area contributed by atoms with Gasteiger partial charge in [0, 0.05) is 12.1 Å². The lowest BCUT2D eigenvalue weighted by Gasteiger charge is -2.32. The Morgan fingerprint density at radius 2 is 1.90 bits per heavy atom. The third kappa shape index (κ3) is 4.55. The van der Waals surface area contributed by atoms with Crippen LogP contribution >= 0.6 is 11.6 Å². The number of fused-ring (bicyclic) bond motifs is 1. The summed E-state index contributed by atoms with van der Waals surface area (Å²) in [6.45, 7) is 0.258. The van der Waals surface area contributed by atoms with Crippen molar-refractivity contribution in [3.05, 3.63) is 63.3 Å². The van der Waals surface area contributed by atoms with Crippen molar-refractivity contribution in [1.29, 1.82) is 0 Å². The highest BCUT2D eigenvalue weighted by atomic mass is 35.5. The van der Waals surface area contributed by atoms with Gasteiger partial charge in [-0.1, -0.05) is 11.6 Å². The predicted molar refractivity (Wildman–Crippen MR) is 108 cm³/mol. The summed E-state index contributed by atoms with van der Waals surface area (Å²) in [5.74, 6) is -2.21. The first kappa shape index (κ1) is 21.3. The zero-order chi connectivity index (χ0) is 22.1. The van der Waals surface area contributed by atoms with Gasteiger partial charge in [-0.2, -0.15) is 0 Å². The molecule has 0 bridgehead atoms. The number of hydrogen-bond donors (Lipinski definition) is 1. The first-order valence-corrected chi connectivity index (χ1v) is 9.89. The summed E-state index contributed by atoms with van der Waals surface area (Å²) in [6.07, 6.45) is 0.756. The standard InChI is InChI=1S/C22H17ClF2O6/c23-17-8-13(25)7-16-18(26)10-20(31-21(16)17)15-2-1-12(24)9-19(15)30-4-3-29-14-5-11(6-14)22(27)28/h1-2,7-11,14H,3-6H2,(H,27,28)/t11-,14-. The van der Waals surface area contributed by atoms with Gasteiger partial charge in [0.1, 0.15) is 29.8 Å². The fourth-order valence-electron chi connectivity index (χ4n) is 3.40. The van der Waals surface area contributed by atoms with Crippen LogP contribution in [0.5, 0.6) is 5.75 Å². The third-order valence-electron chi connectivity index (χ3n) is 5.10. The molecule has 1 aromatic heterocycles. The van der Waals surface area contributed by atoms with Crippen LogP contribution in [0.15, 0.2) is 45.6 Å². The van der Waals surface area contributed by atoms with Crippen LogP contribution in [0, 0.1) is 17.6 Å². The Morgan fingerprint density at radius 1 is 1.13 bits per heavy atom. The van der Waals surface area contributed by atoms with Gasteiger partial charge in [0.25, 0.3) is 0 Å². The molecule has 9 heteroatoms. The quantitative estimate of drug-likeness (QED) is 0.527. The second-order valence-electron chi connectivity index (χ2n) is 7.23. The Morgan fingerprint density at radius 3 is 2.65 bits per heavy atom. The van der Waals surface area contributed by atoms with Crippen molar-refractivity contribution in [3.63, 3.8) is 0 Å². The lowest BCUT2D eigenvalue weighted by atomic mass is 9.82. The Bertz CT molecular complexity index is 1200. The van der Waals surface area contributed by atoms with Gasteiger partial charge in [-0.25, -0.2) is 8.78 Å². The molecule has 2 aromatic carbocycles. The van der Waals surface area contributed by atoms with Crippen molar-refractivity contribution >= 4 is 28.5 Å². The molecule has 1 N–H and O–H groups in total. The average molecular weight is 451 g/mol. The number of carbonyl (C=O) groups is 1. The van der Waals surface area contributed by atoms with Crippen molar-refractivity contribution in [2.75, 3.05) is 13.2 Å². The Hall–Kier alpha value is -2.97. The minimum atomic E-state index is -0.833. The van der Waals surface area contributed by atoms with Crippen LogP contribution < -0.4 is 10.2 Å².